The molecule has 0 spiro atoms. The van der Waals surface area contributed by atoms with Crippen LogP contribution in [0.3, 0.4) is 0 Å². The van der Waals surface area contributed by atoms with Gasteiger partial charge in [-0.15, -0.1) is 0 Å². The number of nitrogens with one attached hydrogen (secondary N) is 4. The number of ether oxygens (including phenoxy) is 1. The van der Waals surface area contributed by atoms with Crippen LogP contribution in [0, 0.1) is 5.41 Å². The molecule has 0 aliphatic rings. The molecule has 2 aromatic carbocycles. The lowest BCUT2D eigenvalue weighted by Crippen LogP contribution is -2.26. The minimum atomic E-state index is -0.422. The Bertz CT molecular complexity index is 999. The van der Waals surface area contributed by atoms with E-state index < -0.39 is 5.56 Å². The van der Waals surface area contributed by atoms with Crippen LogP contribution in [0.25, 0.3) is 0 Å². The van der Waals surface area contributed by atoms with Gasteiger partial charge in [0.1, 0.15) is 17.2 Å². The van der Waals surface area contributed by atoms with E-state index in [0.717, 1.165) is 5.75 Å². The van der Waals surface area contributed by atoms with Crippen molar-refractivity contribution < 1.29 is 4.74 Å². The largest absolute Gasteiger partial charge is 0.457 e. The van der Waals surface area contributed by atoms with Crippen LogP contribution in [0.15, 0.2) is 59.4 Å². The van der Waals surface area contributed by atoms with Gasteiger partial charge in [-0.1, -0.05) is 18.2 Å². The molecule has 8 heteroatoms. The van der Waals surface area contributed by atoms with Gasteiger partial charge in [-0.2, -0.15) is 5.10 Å². The smallest absolute Gasteiger partial charge is 0.288 e. The minimum Gasteiger partial charge on any atom is -0.457 e. The number of aromatic amines is 1. The lowest BCUT2D eigenvalue weighted by atomic mass is 10.0. The Morgan fingerprint density at radius 1 is 1.11 bits per heavy atom. The predicted octanol–water partition coefficient (Wildman–Crippen LogP) is 2.19. The molecule has 0 amide bonds. The van der Waals surface area contributed by atoms with Crippen LogP contribution in [0.1, 0.15) is 11.1 Å². The van der Waals surface area contributed by atoms with Gasteiger partial charge >= 0.3 is 0 Å². The maximum absolute atomic E-state index is 12.2. The highest BCUT2D eigenvalue weighted by Crippen LogP contribution is 2.24. The van der Waals surface area contributed by atoms with Gasteiger partial charge in [-0.05, 0) is 43.4 Å². The van der Waals surface area contributed by atoms with Crippen molar-refractivity contribution in [3.63, 3.8) is 0 Å². The van der Waals surface area contributed by atoms with Crippen molar-refractivity contribution in [1.82, 2.24) is 15.5 Å². The van der Waals surface area contributed by atoms with E-state index in [1.165, 1.54) is 0 Å². The number of nitrogen functional groups attached to an aromatic ring is 1. The summed E-state index contributed by atoms with van der Waals surface area (Å²) in [4.78, 5) is 12.2. The molecule has 0 fully saturated rings. The molecule has 0 aliphatic carbocycles. The monoisotopic (exact) mass is 378 g/mol. The van der Waals surface area contributed by atoms with E-state index in [-0.39, 0.29) is 22.8 Å². The van der Waals surface area contributed by atoms with Crippen LogP contribution in [0.2, 0.25) is 0 Å². The Morgan fingerprint density at radius 3 is 2.46 bits per heavy atom. The molecule has 8 nitrogen and oxygen atoms in total. The lowest BCUT2D eigenvalue weighted by molar-refractivity contribution is 0.482. The fourth-order valence-electron chi connectivity index (χ4n) is 2.66. The Kier molecular flexibility index (Phi) is 6.03. The van der Waals surface area contributed by atoms with Crippen LogP contribution < -0.4 is 26.7 Å². The highest BCUT2D eigenvalue weighted by molar-refractivity contribution is 6.16. The number of H-pyrrole nitrogens is 1. The number of anilines is 2. The molecule has 0 unspecified atom stereocenters. The summed E-state index contributed by atoms with van der Waals surface area (Å²) in [5.74, 6) is 1.46. The normalized spacial score (nSPS) is 10.5. The molecule has 6 N–H and O–H groups in total. The van der Waals surface area contributed by atoms with Gasteiger partial charge in [0.05, 0.1) is 11.3 Å². The second kappa shape index (κ2) is 8.83. The SMILES string of the molecule is CNCCNc1c(C(=N)c2ccc(Oc3ccccc3)cc2)c(N)n[nH]c1=O. The molecule has 3 rings (SSSR count). The number of nitrogens with two attached hydrogens (primary N) is 1. The molecule has 0 saturated carbocycles. The van der Waals surface area contributed by atoms with E-state index in [9.17, 15) is 4.79 Å². The molecule has 0 radical (unpaired) electrons. The molecule has 0 aliphatic heterocycles. The van der Waals surface area contributed by atoms with E-state index in [2.05, 4.69) is 20.8 Å². The third kappa shape index (κ3) is 4.36. The van der Waals surface area contributed by atoms with Crippen molar-refractivity contribution in [3.8, 4) is 11.5 Å². The third-order valence-electron chi connectivity index (χ3n) is 4.06. The molecular weight excluding hydrogens is 356 g/mol. The Labute approximate surface area is 162 Å². The molecule has 28 heavy (non-hydrogen) atoms. The first-order chi connectivity index (χ1) is 13.6. The van der Waals surface area contributed by atoms with Crippen LogP contribution >= 0.6 is 0 Å². The summed E-state index contributed by atoms with van der Waals surface area (Å²) in [5.41, 5.74) is 6.75. The lowest BCUT2D eigenvalue weighted by Gasteiger charge is -2.14. The van der Waals surface area contributed by atoms with Crippen molar-refractivity contribution in [3.05, 3.63) is 76.1 Å². The average molecular weight is 378 g/mol. The standard InChI is InChI=1S/C20H22N6O2/c1-23-11-12-24-18-16(19(22)25-26-20(18)27)17(21)13-7-9-15(10-8-13)28-14-5-3-2-4-6-14/h2-10,21,23H,11-12H2,1H3,(H,26,27)(H3,22,24,25). The van der Waals surface area contributed by atoms with Gasteiger partial charge in [-0.25, -0.2) is 5.10 Å². The molecule has 0 saturated heterocycles. The number of benzene rings is 2. The molecule has 144 valence electrons. The van der Waals surface area contributed by atoms with Gasteiger partial charge in [0.2, 0.25) is 0 Å². The number of rotatable bonds is 8. The van der Waals surface area contributed by atoms with E-state index in [1.807, 2.05) is 37.4 Å². The maximum atomic E-state index is 12.2. The van der Waals surface area contributed by atoms with E-state index in [4.69, 9.17) is 15.9 Å². The summed E-state index contributed by atoms with van der Waals surface area (Å²) in [6.07, 6.45) is 0. The van der Waals surface area contributed by atoms with Crippen molar-refractivity contribution in [2.24, 2.45) is 0 Å². The summed E-state index contributed by atoms with van der Waals surface area (Å²) in [5, 5.41) is 20.7. The molecule has 0 bridgehead atoms. The van der Waals surface area contributed by atoms with Gasteiger partial charge < -0.3 is 21.1 Å². The number of nitrogens with zero attached hydrogens (tertiary/aromatic N) is 1. The summed E-state index contributed by atoms with van der Waals surface area (Å²) >= 11 is 0. The summed E-state index contributed by atoms with van der Waals surface area (Å²) in [6.45, 7) is 1.16. The number of aromatic nitrogens is 2. The van der Waals surface area contributed by atoms with Crippen LogP contribution in [0.5, 0.6) is 11.5 Å². The molecule has 1 heterocycles. The molecular formula is C20H22N6O2. The number of para-hydroxylation sites is 1. The fraction of sp³-hybridized carbons (Fsp3) is 0.150. The average Bonchev–Trinajstić information content (AvgIpc) is 2.72. The quantitative estimate of drug-likeness (QED) is 0.302. The zero-order valence-corrected chi connectivity index (χ0v) is 15.5. The fourth-order valence-corrected chi connectivity index (χ4v) is 2.66. The molecule has 0 atom stereocenters. The first-order valence-corrected chi connectivity index (χ1v) is 8.79. The van der Waals surface area contributed by atoms with Gasteiger partial charge in [0.15, 0.2) is 5.82 Å². The highest BCUT2D eigenvalue weighted by Gasteiger charge is 2.18. The topological polar surface area (TPSA) is 129 Å². The first-order valence-electron chi connectivity index (χ1n) is 8.79. The Morgan fingerprint density at radius 2 is 1.79 bits per heavy atom. The zero-order valence-electron chi connectivity index (χ0n) is 15.5. The predicted molar refractivity (Wildman–Crippen MR) is 111 cm³/mol. The second-order valence-corrected chi connectivity index (χ2v) is 6.03. The van der Waals surface area contributed by atoms with E-state index in [0.29, 0.717) is 24.4 Å². The van der Waals surface area contributed by atoms with Gasteiger partial charge in [0.25, 0.3) is 5.56 Å². The van der Waals surface area contributed by atoms with Crippen molar-refractivity contribution in [2.75, 3.05) is 31.2 Å². The van der Waals surface area contributed by atoms with Gasteiger partial charge in [0, 0.05) is 18.7 Å². The summed E-state index contributed by atoms with van der Waals surface area (Å²) in [6, 6.07) is 16.5. The van der Waals surface area contributed by atoms with Crippen molar-refractivity contribution >= 4 is 17.2 Å². The number of likely N-dealkylation sites (N-methyl/N-ethyl adjacent to an activating group) is 1. The Balaban J connectivity index is 1.85. The van der Waals surface area contributed by atoms with Crippen molar-refractivity contribution in [2.45, 2.75) is 0 Å². The number of hydrogen-bond donors (Lipinski definition) is 5. The van der Waals surface area contributed by atoms with Crippen LogP contribution in [0.4, 0.5) is 11.5 Å². The summed E-state index contributed by atoms with van der Waals surface area (Å²) < 4.78 is 5.77. The molecule has 3 aromatic rings. The van der Waals surface area contributed by atoms with Crippen LogP contribution in [-0.4, -0.2) is 36.0 Å². The zero-order chi connectivity index (χ0) is 19.9. The maximum Gasteiger partial charge on any atom is 0.288 e. The number of hydrogen-bond acceptors (Lipinski definition) is 7. The Hall–Kier alpha value is -3.65. The summed E-state index contributed by atoms with van der Waals surface area (Å²) in [7, 11) is 1.81. The molecule has 1 aromatic heterocycles. The van der Waals surface area contributed by atoms with E-state index in [1.54, 1.807) is 24.3 Å². The van der Waals surface area contributed by atoms with E-state index >= 15 is 0 Å². The second-order valence-electron chi connectivity index (χ2n) is 6.03. The first kappa shape index (κ1) is 19.1. The van der Waals surface area contributed by atoms with Crippen molar-refractivity contribution in [1.29, 1.82) is 5.41 Å². The van der Waals surface area contributed by atoms with Crippen LogP contribution in [-0.2, 0) is 0 Å². The highest BCUT2D eigenvalue weighted by atomic mass is 16.5. The third-order valence-corrected chi connectivity index (χ3v) is 4.06. The minimum absolute atomic E-state index is 0.0844. The van der Waals surface area contributed by atoms with Gasteiger partial charge in [-0.3, -0.25) is 10.2 Å².